The minimum atomic E-state index is -3.41. The number of carbonyl (C=O) groups excluding carboxylic acids is 1. The maximum atomic E-state index is 12.6. The third-order valence-corrected chi connectivity index (χ3v) is 8.23. The van der Waals surface area contributed by atoms with Crippen LogP contribution in [0.1, 0.15) is 36.5 Å². The molecule has 0 atom stereocenters. The number of sulfone groups is 1. The van der Waals surface area contributed by atoms with Gasteiger partial charge in [-0.2, -0.15) is 4.99 Å². The Morgan fingerprint density at radius 3 is 2.50 bits per heavy atom. The number of nitrogens with zero attached hydrogens (tertiary/aromatic N) is 2. The maximum Gasteiger partial charge on any atom is 0.248 e. The molecule has 6 nitrogen and oxygen atoms in total. The highest BCUT2D eigenvalue weighted by atomic mass is 32.2. The van der Waals surface area contributed by atoms with Gasteiger partial charge in [-0.3, -0.25) is 4.79 Å². The fourth-order valence-corrected chi connectivity index (χ4v) is 5.99. The summed E-state index contributed by atoms with van der Waals surface area (Å²) >= 11 is 1.48. The number of ether oxygens (including phenoxy) is 1. The van der Waals surface area contributed by atoms with Gasteiger partial charge in [0, 0.05) is 19.6 Å². The zero-order valence-corrected chi connectivity index (χ0v) is 20.7. The van der Waals surface area contributed by atoms with Crippen molar-refractivity contribution in [3.63, 3.8) is 0 Å². The molecule has 0 unspecified atom stereocenters. The zero-order chi connectivity index (χ0) is 23.3. The first kappa shape index (κ1) is 24.4. The highest BCUT2D eigenvalue weighted by Gasteiger charge is 2.15. The van der Waals surface area contributed by atoms with Gasteiger partial charge in [0.1, 0.15) is 0 Å². The lowest BCUT2D eigenvalue weighted by molar-refractivity contribution is -0.118. The molecule has 32 heavy (non-hydrogen) atoms. The second kappa shape index (κ2) is 10.6. The molecule has 3 rings (SSSR count). The Hall–Kier alpha value is -2.29. The van der Waals surface area contributed by atoms with Crippen molar-refractivity contribution in [1.29, 1.82) is 0 Å². The van der Waals surface area contributed by atoms with Gasteiger partial charge in [-0.25, -0.2) is 8.42 Å². The fourth-order valence-electron chi connectivity index (χ4n) is 3.55. The number of hydrogen-bond acceptors (Lipinski definition) is 5. The molecular formula is C24H30N2O4S2. The van der Waals surface area contributed by atoms with Crippen molar-refractivity contribution in [1.82, 2.24) is 4.57 Å². The Bertz CT molecular complexity index is 1270. The normalized spacial score (nSPS) is 12.6. The molecule has 8 heteroatoms. The van der Waals surface area contributed by atoms with Crippen LogP contribution in [0.5, 0.6) is 0 Å². The molecule has 3 aromatic rings. The molecule has 1 amide bonds. The molecule has 0 bridgehead atoms. The predicted octanol–water partition coefficient (Wildman–Crippen LogP) is 4.35. The summed E-state index contributed by atoms with van der Waals surface area (Å²) in [4.78, 5) is 17.8. The van der Waals surface area contributed by atoms with E-state index in [0.717, 1.165) is 26.9 Å². The van der Waals surface area contributed by atoms with Crippen molar-refractivity contribution in [2.24, 2.45) is 4.99 Å². The zero-order valence-electron chi connectivity index (χ0n) is 19.1. The number of fused-ring (bicyclic) bond motifs is 1. The minimum absolute atomic E-state index is 0.0770. The van der Waals surface area contributed by atoms with E-state index in [-0.39, 0.29) is 29.4 Å². The molecule has 0 saturated carbocycles. The lowest BCUT2D eigenvalue weighted by atomic mass is 10.1. The number of carbonyl (C=O) groups is 1. The predicted molar refractivity (Wildman–Crippen MR) is 129 cm³/mol. The smallest absolute Gasteiger partial charge is 0.248 e. The van der Waals surface area contributed by atoms with E-state index in [0.29, 0.717) is 24.6 Å². The lowest BCUT2D eigenvalue weighted by Gasteiger charge is -2.07. The number of thiazole rings is 1. The molecule has 0 fully saturated rings. The Kier molecular flexibility index (Phi) is 8.03. The summed E-state index contributed by atoms with van der Waals surface area (Å²) in [5, 5.41) is 0. The van der Waals surface area contributed by atoms with E-state index in [4.69, 9.17) is 4.74 Å². The minimum Gasteiger partial charge on any atom is -0.380 e. The van der Waals surface area contributed by atoms with E-state index in [9.17, 15) is 13.2 Å². The van der Waals surface area contributed by atoms with Crippen molar-refractivity contribution in [3.8, 4) is 0 Å². The maximum absolute atomic E-state index is 12.6. The Balaban J connectivity index is 1.78. The van der Waals surface area contributed by atoms with Crippen LogP contribution in [0.15, 0.2) is 46.3 Å². The quantitative estimate of drug-likeness (QED) is 0.432. The van der Waals surface area contributed by atoms with Crippen LogP contribution in [0.25, 0.3) is 10.2 Å². The summed E-state index contributed by atoms with van der Waals surface area (Å²) in [6.07, 6.45) is 0.323. The molecule has 1 heterocycles. The molecule has 0 N–H and O–H groups in total. The molecule has 0 saturated heterocycles. The number of aryl methyl sites for hydroxylation is 3. The van der Waals surface area contributed by atoms with Crippen molar-refractivity contribution in [3.05, 3.63) is 57.9 Å². The average Bonchev–Trinajstić information content (AvgIpc) is 3.06. The average molecular weight is 475 g/mol. The molecule has 0 spiro atoms. The summed E-state index contributed by atoms with van der Waals surface area (Å²) < 4.78 is 33.7. The van der Waals surface area contributed by atoms with E-state index in [2.05, 4.69) is 24.0 Å². The SMILES string of the molecule is CCOCCn1c(=NC(=O)CCCS(=O)(=O)c2ccc(C)cc2)sc2c(C)cc(C)cc21. The number of hydrogen-bond donors (Lipinski definition) is 0. The van der Waals surface area contributed by atoms with Gasteiger partial charge >= 0.3 is 0 Å². The van der Waals surface area contributed by atoms with Gasteiger partial charge in [-0.1, -0.05) is 35.1 Å². The summed E-state index contributed by atoms with van der Waals surface area (Å²) in [7, 11) is -3.41. The first-order chi connectivity index (χ1) is 15.2. The standard InChI is InChI=1S/C24H30N2O4S2/c1-5-30-13-12-26-21-16-18(3)15-19(4)23(21)31-24(26)25-22(27)7-6-14-32(28,29)20-10-8-17(2)9-11-20/h8-11,15-16H,5-7,12-14H2,1-4H3. The van der Waals surface area contributed by atoms with Crippen LogP contribution < -0.4 is 4.80 Å². The summed E-state index contributed by atoms with van der Waals surface area (Å²) in [6, 6.07) is 11.0. The largest absolute Gasteiger partial charge is 0.380 e. The van der Waals surface area contributed by atoms with E-state index >= 15 is 0 Å². The third kappa shape index (κ3) is 5.94. The molecular weight excluding hydrogens is 444 g/mol. The van der Waals surface area contributed by atoms with Crippen molar-refractivity contribution in [2.45, 2.75) is 52.0 Å². The van der Waals surface area contributed by atoms with Crippen LogP contribution in [0.3, 0.4) is 0 Å². The van der Waals surface area contributed by atoms with Crippen molar-refractivity contribution >= 4 is 37.3 Å². The van der Waals surface area contributed by atoms with E-state index in [1.165, 1.54) is 11.3 Å². The molecule has 0 radical (unpaired) electrons. The van der Waals surface area contributed by atoms with Gasteiger partial charge in [-0.15, -0.1) is 0 Å². The van der Waals surface area contributed by atoms with Crippen LogP contribution in [-0.2, 0) is 25.9 Å². The molecule has 0 aliphatic heterocycles. The Labute approximate surface area is 193 Å². The molecule has 0 aliphatic rings. The van der Waals surface area contributed by atoms with Crippen LogP contribution >= 0.6 is 11.3 Å². The van der Waals surface area contributed by atoms with Crippen LogP contribution in [0.4, 0.5) is 0 Å². The summed E-state index contributed by atoms with van der Waals surface area (Å²) in [5.41, 5.74) is 4.34. The second-order valence-electron chi connectivity index (χ2n) is 7.90. The fraction of sp³-hybridized carbons (Fsp3) is 0.417. The van der Waals surface area contributed by atoms with Crippen molar-refractivity contribution in [2.75, 3.05) is 19.0 Å². The number of benzene rings is 2. The van der Waals surface area contributed by atoms with Crippen LogP contribution in [-0.4, -0.2) is 37.9 Å². The monoisotopic (exact) mass is 474 g/mol. The van der Waals surface area contributed by atoms with E-state index < -0.39 is 9.84 Å². The van der Waals surface area contributed by atoms with Crippen LogP contribution in [0.2, 0.25) is 0 Å². The van der Waals surface area contributed by atoms with E-state index in [1.807, 2.05) is 25.3 Å². The topological polar surface area (TPSA) is 77.7 Å². The number of amides is 1. The first-order valence-electron chi connectivity index (χ1n) is 10.8. The van der Waals surface area contributed by atoms with E-state index in [1.54, 1.807) is 24.3 Å². The lowest BCUT2D eigenvalue weighted by Crippen LogP contribution is -2.20. The van der Waals surface area contributed by atoms with Gasteiger partial charge in [0.2, 0.25) is 5.91 Å². The van der Waals surface area contributed by atoms with Crippen LogP contribution in [0, 0.1) is 20.8 Å². The Morgan fingerprint density at radius 2 is 1.81 bits per heavy atom. The number of rotatable bonds is 9. The summed E-state index contributed by atoms with van der Waals surface area (Å²) in [5.74, 6) is -0.387. The number of aromatic nitrogens is 1. The highest BCUT2D eigenvalue weighted by molar-refractivity contribution is 7.91. The first-order valence-corrected chi connectivity index (χ1v) is 13.2. The van der Waals surface area contributed by atoms with Gasteiger partial charge in [-0.05, 0) is 63.4 Å². The second-order valence-corrected chi connectivity index (χ2v) is 11.0. The van der Waals surface area contributed by atoms with Gasteiger partial charge in [0.25, 0.3) is 0 Å². The molecule has 2 aromatic carbocycles. The summed E-state index contributed by atoms with van der Waals surface area (Å²) in [6.45, 7) is 9.73. The van der Waals surface area contributed by atoms with Crippen molar-refractivity contribution < 1.29 is 17.9 Å². The van der Waals surface area contributed by atoms with Gasteiger partial charge < -0.3 is 9.30 Å². The molecule has 172 valence electrons. The van der Waals surface area contributed by atoms with Gasteiger partial charge in [0.05, 0.1) is 27.5 Å². The highest BCUT2D eigenvalue weighted by Crippen LogP contribution is 2.23. The molecule has 1 aromatic heterocycles. The Morgan fingerprint density at radius 1 is 1.09 bits per heavy atom. The molecule has 0 aliphatic carbocycles. The van der Waals surface area contributed by atoms with Gasteiger partial charge in [0.15, 0.2) is 14.6 Å². The third-order valence-electron chi connectivity index (χ3n) is 5.18.